The average molecular weight is 278 g/mol. The van der Waals surface area contributed by atoms with Crippen LogP contribution in [0.5, 0.6) is 0 Å². The third-order valence-electron chi connectivity index (χ3n) is 3.97. The molecule has 2 heterocycles. The third-order valence-corrected chi connectivity index (χ3v) is 3.97. The van der Waals surface area contributed by atoms with Crippen LogP contribution in [0.15, 0.2) is 18.3 Å². The summed E-state index contributed by atoms with van der Waals surface area (Å²) in [6.07, 6.45) is 5.07. The van der Waals surface area contributed by atoms with Gasteiger partial charge in [0.25, 0.3) is 0 Å². The molecule has 1 N–H and O–H groups in total. The smallest absolute Gasteiger partial charge is 0.361 e. The number of nitrogens with zero attached hydrogens (tertiary/aromatic N) is 3. The van der Waals surface area contributed by atoms with Crippen molar-refractivity contribution in [2.45, 2.75) is 38.6 Å². The van der Waals surface area contributed by atoms with Gasteiger partial charge >= 0.3 is 5.82 Å². The largest absolute Gasteiger partial charge is 0.363 e. The fourth-order valence-electron chi connectivity index (χ4n) is 2.78. The lowest BCUT2D eigenvalue weighted by Crippen LogP contribution is -2.60. The van der Waals surface area contributed by atoms with E-state index in [0.29, 0.717) is 0 Å². The van der Waals surface area contributed by atoms with Crippen LogP contribution in [0.1, 0.15) is 33.1 Å². The van der Waals surface area contributed by atoms with E-state index in [-0.39, 0.29) is 11.4 Å². The van der Waals surface area contributed by atoms with E-state index in [1.165, 1.54) is 18.9 Å². The van der Waals surface area contributed by atoms with E-state index >= 15 is 0 Å². The van der Waals surface area contributed by atoms with E-state index < -0.39 is 4.92 Å². The molecule has 1 aliphatic rings. The van der Waals surface area contributed by atoms with Crippen LogP contribution in [0.2, 0.25) is 0 Å². The Labute approximate surface area is 119 Å². The normalized spacial score (nSPS) is 22.8. The predicted octanol–water partition coefficient (Wildman–Crippen LogP) is 2.35. The molecule has 0 radical (unpaired) electrons. The first-order valence-electron chi connectivity index (χ1n) is 7.15. The second-order valence-electron chi connectivity index (χ2n) is 5.56. The minimum absolute atomic E-state index is 0.0477. The summed E-state index contributed by atoms with van der Waals surface area (Å²) in [4.78, 5) is 16.5. The molecule has 0 aliphatic carbocycles. The standard InChI is InChI=1S/C14H22N4O2/c1-3-4-7-14(2)11-15-8-9-17(14)12-5-6-13(16-10-12)18(19)20/h5-6,10,15H,3-4,7-9,11H2,1-2H3/t14-/m0/s1. The highest BCUT2D eigenvalue weighted by molar-refractivity contribution is 5.50. The zero-order chi connectivity index (χ0) is 14.6. The Morgan fingerprint density at radius 2 is 2.35 bits per heavy atom. The molecule has 1 saturated heterocycles. The maximum absolute atomic E-state index is 10.7. The molecule has 6 heteroatoms. The van der Waals surface area contributed by atoms with Gasteiger partial charge in [0, 0.05) is 31.2 Å². The topological polar surface area (TPSA) is 71.3 Å². The number of hydrogen-bond acceptors (Lipinski definition) is 5. The van der Waals surface area contributed by atoms with Gasteiger partial charge in [0.05, 0.1) is 5.69 Å². The van der Waals surface area contributed by atoms with Gasteiger partial charge < -0.3 is 20.3 Å². The first kappa shape index (κ1) is 14.7. The number of unbranched alkanes of at least 4 members (excludes halogenated alkanes) is 1. The van der Waals surface area contributed by atoms with Crippen molar-refractivity contribution in [3.8, 4) is 0 Å². The number of hydrogen-bond donors (Lipinski definition) is 1. The van der Waals surface area contributed by atoms with Crippen molar-refractivity contribution in [2.24, 2.45) is 0 Å². The third kappa shape index (κ3) is 3.07. The lowest BCUT2D eigenvalue weighted by molar-refractivity contribution is -0.389. The molecule has 0 aromatic carbocycles. The van der Waals surface area contributed by atoms with Crippen LogP contribution in [0.25, 0.3) is 0 Å². The molecule has 1 atom stereocenters. The van der Waals surface area contributed by atoms with Gasteiger partial charge in [-0.1, -0.05) is 19.8 Å². The Bertz CT molecular complexity index is 463. The lowest BCUT2D eigenvalue weighted by Gasteiger charge is -2.46. The van der Waals surface area contributed by atoms with Gasteiger partial charge in [-0.2, -0.15) is 0 Å². The lowest BCUT2D eigenvalue weighted by atomic mass is 9.90. The summed E-state index contributed by atoms with van der Waals surface area (Å²) in [5, 5.41) is 14.1. The molecule has 1 aromatic rings. The number of rotatable bonds is 5. The molecule has 1 aliphatic heterocycles. The van der Waals surface area contributed by atoms with E-state index in [1.807, 2.05) is 0 Å². The summed E-state index contributed by atoms with van der Waals surface area (Å²) < 4.78 is 0. The SMILES string of the molecule is CCCC[C@@]1(C)CNCCN1c1ccc([N+](=O)[O-])nc1. The number of nitrogens with one attached hydrogen (secondary N) is 1. The van der Waals surface area contributed by atoms with Crippen molar-refractivity contribution >= 4 is 11.5 Å². The van der Waals surface area contributed by atoms with Crippen molar-refractivity contribution < 1.29 is 4.92 Å². The van der Waals surface area contributed by atoms with E-state index in [1.54, 1.807) is 12.3 Å². The number of nitro groups is 1. The fourth-order valence-corrected chi connectivity index (χ4v) is 2.78. The minimum Gasteiger partial charge on any atom is -0.361 e. The molecule has 20 heavy (non-hydrogen) atoms. The Kier molecular flexibility index (Phi) is 4.54. The summed E-state index contributed by atoms with van der Waals surface area (Å²) in [5.41, 5.74) is 1.02. The Balaban J connectivity index is 2.20. The summed E-state index contributed by atoms with van der Waals surface area (Å²) >= 11 is 0. The molecule has 0 saturated carbocycles. The van der Waals surface area contributed by atoms with Crippen LogP contribution in [0.4, 0.5) is 11.5 Å². The van der Waals surface area contributed by atoms with Crippen molar-refractivity contribution in [1.29, 1.82) is 0 Å². The highest BCUT2D eigenvalue weighted by Crippen LogP contribution is 2.29. The van der Waals surface area contributed by atoms with E-state index in [9.17, 15) is 10.1 Å². The quantitative estimate of drug-likeness (QED) is 0.661. The molecule has 0 amide bonds. The number of piperazine rings is 1. The zero-order valence-electron chi connectivity index (χ0n) is 12.1. The molecule has 0 spiro atoms. The molecule has 0 bridgehead atoms. The molecule has 1 aromatic heterocycles. The van der Waals surface area contributed by atoms with Gasteiger partial charge in [-0.3, -0.25) is 0 Å². The van der Waals surface area contributed by atoms with Gasteiger partial charge in [-0.05, 0) is 29.3 Å². The number of aromatic nitrogens is 1. The molecular weight excluding hydrogens is 256 g/mol. The van der Waals surface area contributed by atoms with Gasteiger partial charge in [0.2, 0.25) is 0 Å². The van der Waals surface area contributed by atoms with Crippen LogP contribution in [0.3, 0.4) is 0 Å². The van der Waals surface area contributed by atoms with Crippen LogP contribution in [-0.2, 0) is 0 Å². The summed E-state index contributed by atoms with van der Waals surface area (Å²) in [6.45, 7) is 7.20. The van der Waals surface area contributed by atoms with Gasteiger partial charge in [-0.25, -0.2) is 0 Å². The summed E-state index contributed by atoms with van der Waals surface area (Å²) in [6, 6.07) is 3.29. The first-order valence-corrected chi connectivity index (χ1v) is 7.15. The first-order chi connectivity index (χ1) is 9.57. The molecule has 1 fully saturated rings. The van der Waals surface area contributed by atoms with Crippen molar-refractivity contribution in [3.63, 3.8) is 0 Å². The Morgan fingerprint density at radius 3 is 2.95 bits per heavy atom. The van der Waals surface area contributed by atoms with Gasteiger partial charge in [-0.15, -0.1) is 0 Å². The van der Waals surface area contributed by atoms with E-state index in [2.05, 4.69) is 29.0 Å². The zero-order valence-corrected chi connectivity index (χ0v) is 12.1. The second kappa shape index (κ2) is 6.17. The van der Waals surface area contributed by atoms with Crippen LogP contribution < -0.4 is 10.2 Å². The predicted molar refractivity (Wildman–Crippen MR) is 79.0 cm³/mol. The Hall–Kier alpha value is -1.69. The second-order valence-corrected chi connectivity index (χ2v) is 5.56. The molecule has 6 nitrogen and oxygen atoms in total. The van der Waals surface area contributed by atoms with Gasteiger partial charge in [0.1, 0.15) is 0 Å². The number of anilines is 1. The van der Waals surface area contributed by atoms with Crippen molar-refractivity contribution in [2.75, 3.05) is 24.5 Å². The van der Waals surface area contributed by atoms with Crippen molar-refractivity contribution in [3.05, 3.63) is 28.4 Å². The van der Waals surface area contributed by atoms with Gasteiger partial charge in [0.15, 0.2) is 6.20 Å². The molecular formula is C14H22N4O2. The Morgan fingerprint density at radius 1 is 1.55 bits per heavy atom. The van der Waals surface area contributed by atoms with Crippen LogP contribution >= 0.6 is 0 Å². The number of pyridine rings is 1. The van der Waals surface area contributed by atoms with E-state index in [0.717, 1.165) is 31.7 Å². The fraction of sp³-hybridized carbons (Fsp3) is 0.643. The van der Waals surface area contributed by atoms with Crippen LogP contribution in [0, 0.1) is 10.1 Å². The molecule has 2 rings (SSSR count). The summed E-state index contributed by atoms with van der Waals surface area (Å²) in [5.74, 6) is -0.0980. The maximum atomic E-state index is 10.7. The van der Waals surface area contributed by atoms with E-state index in [4.69, 9.17) is 0 Å². The summed E-state index contributed by atoms with van der Waals surface area (Å²) in [7, 11) is 0. The highest BCUT2D eigenvalue weighted by Gasteiger charge is 2.34. The van der Waals surface area contributed by atoms with Crippen LogP contribution in [-0.4, -0.2) is 35.1 Å². The highest BCUT2D eigenvalue weighted by atomic mass is 16.6. The molecule has 110 valence electrons. The minimum atomic E-state index is -0.460. The average Bonchev–Trinajstić information content (AvgIpc) is 2.46. The maximum Gasteiger partial charge on any atom is 0.363 e. The van der Waals surface area contributed by atoms with Crippen molar-refractivity contribution in [1.82, 2.24) is 10.3 Å². The monoisotopic (exact) mass is 278 g/mol. The molecule has 0 unspecified atom stereocenters.